The van der Waals surface area contributed by atoms with Gasteiger partial charge < -0.3 is 9.84 Å². The predicted octanol–water partition coefficient (Wildman–Crippen LogP) is 0.932. The molecule has 6 nitrogen and oxygen atoms in total. The highest BCUT2D eigenvalue weighted by atomic mass is 32.2. The van der Waals surface area contributed by atoms with Crippen molar-refractivity contribution in [3.8, 4) is 0 Å². The first kappa shape index (κ1) is 15.5. The number of aromatic nitrogens is 2. The Morgan fingerprint density at radius 3 is 3.00 bits per heavy atom. The first-order valence-corrected chi connectivity index (χ1v) is 7.65. The van der Waals surface area contributed by atoms with E-state index in [1.807, 2.05) is 30.3 Å². The van der Waals surface area contributed by atoms with E-state index in [4.69, 9.17) is 9.26 Å². The van der Waals surface area contributed by atoms with E-state index in [0.717, 1.165) is 5.75 Å². The molecule has 0 aliphatic heterocycles. The van der Waals surface area contributed by atoms with Crippen molar-refractivity contribution in [2.24, 2.45) is 4.99 Å². The zero-order valence-corrected chi connectivity index (χ0v) is 12.6. The maximum Gasteiger partial charge on any atom is 0.320 e. The Morgan fingerprint density at radius 2 is 2.24 bits per heavy atom. The third kappa shape index (κ3) is 5.57. The second kappa shape index (κ2) is 8.43. The highest BCUT2D eigenvalue weighted by Crippen LogP contribution is 2.12. The first-order valence-electron chi connectivity index (χ1n) is 6.49. The van der Waals surface area contributed by atoms with Crippen LogP contribution in [0, 0.1) is 0 Å². The Labute approximate surface area is 127 Å². The molecule has 0 atom stereocenters. The standard InChI is InChI=1S/C14H17N3O3S/c1-19-8-7-17-9-14(20-16-17)15-13(18)11-21-10-12-5-3-2-4-6-12/h2-6,9H,7-8,10-11H2,1H3. The molecule has 0 unspecified atom stereocenters. The maximum absolute atomic E-state index is 11.7. The largest absolute Gasteiger partial charge is 0.861 e. The lowest BCUT2D eigenvalue weighted by Gasteiger charge is -2.08. The Kier molecular flexibility index (Phi) is 6.23. The fraction of sp³-hybridized carbons (Fsp3) is 0.357. The van der Waals surface area contributed by atoms with Crippen molar-refractivity contribution in [1.29, 1.82) is 0 Å². The van der Waals surface area contributed by atoms with Crippen LogP contribution in [0.2, 0.25) is 0 Å². The molecule has 1 aromatic heterocycles. The SMILES string of the molecule is COCC[n+]1cc(/N=C(/[O-])CSCc2ccccc2)on1. The summed E-state index contributed by atoms with van der Waals surface area (Å²) < 4.78 is 11.4. The zero-order chi connectivity index (χ0) is 14.9. The molecule has 0 N–H and O–H groups in total. The van der Waals surface area contributed by atoms with Crippen molar-refractivity contribution in [1.82, 2.24) is 5.27 Å². The van der Waals surface area contributed by atoms with Crippen LogP contribution in [0.1, 0.15) is 5.56 Å². The van der Waals surface area contributed by atoms with Gasteiger partial charge in [-0.25, -0.2) is 4.99 Å². The average Bonchev–Trinajstić information content (AvgIpc) is 2.93. The van der Waals surface area contributed by atoms with E-state index in [0.29, 0.717) is 18.9 Å². The van der Waals surface area contributed by atoms with Gasteiger partial charge in [-0.3, -0.25) is 4.52 Å². The average molecular weight is 307 g/mol. The van der Waals surface area contributed by atoms with E-state index in [2.05, 4.69) is 10.3 Å². The molecule has 7 heteroatoms. The molecule has 0 bridgehead atoms. The van der Waals surface area contributed by atoms with Gasteiger partial charge in [0.1, 0.15) is 6.61 Å². The molecule has 0 amide bonds. The molecule has 2 rings (SSSR count). The smallest absolute Gasteiger partial charge is 0.320 e. The summed E-state index contributed by atoms with van der Waals surface area (Å²) in [5, 5.41) is 15.5. The Morgan fingerprint density at radius 1 is 1.43 bits per heavy atom. The second-order valence-corrected chi connectivity index (χ2v) is 5.27. The number of benzene rings is 1. The van der Waals surface area contributed by atoms with Crippen molar-refractivity contribution >= 4 is 23.5 Å². The van der Waals surface area contributed by atoms with Gasteiger partial charge in [0.2, 0.25) is 11.8 Å². The van der Waals surface area contributed by atoms with Crippen LogP contribution in [0.5, 0.6) is 0 Å². The van der Waals surface area contributed by atoms with Crippen LogP contribution in [-0.2, 0) is 17.0 Å². The van der Waals surface area contributed by atoms with Crippen molar-refractivity contribution < 1.29 is 19.0 Å². The number of thioether (sulfide) groups is 1. The third-order valence-electron chi connectivity index (χ3n) is 2.60. The zero-order valence-electron chi connectivity index (χ0n) is 11.8. The van der Waals surface area contributed by atoms with Crippen molar-refractivity contribution in [3.63, 3.8) is 0 Å². The molecule has 0 fully saturated rings. The molecule has 0 radical (unpaired) electrons. The van der Waals surface area contributed by atoms with E-state index < -0.39 is 0 Å². The summed E-state index contributed by atoms with van der Waals surface area (Å²) in [5.41, 5.74) is 1.19. The Hall–Kier alpha value is -1.86. The highest BCUT2D eigenvalue weighted by molar-refractivity contribution is 7.99. The van der Waals surface area contributed by atoms with Gasteiger partial charge in [0.15, 0.2) is 0 Å². The van der Waals surface area contributed by atoms with Crippen LogP contribution in [0.25, 0.3) is 0 Å². The van der Waals surface area contributed by atoms with Crippen LogP contribution in [0.3, 0.4) is 0 Å². The number of methoxy groups -OCH3 is 1. The number of rotatable bonds is 8. The van der Waals surface area contributed by atoms with Crippen LogP contribution in [0.15, 0.2) is 46.0 Å². The van der Waals surface area contributed by atoms with Gasteiger partial charge in [0.05, 0.1) is 0 Å². The van der Waals surface area contributed by atoms with E-state index in [1.54, 1.807) is 18.0 Å². The predicted molar refractivity (Wildman–Crippen MR) is 78.3 cm³/mol. The lowest BCUT2D eigenvalue weighted by molar-refractivity contribution is -0.763. The minimum absolute atomic E-state index is 0.219. The normalized spacial score (nSPS) is 11.8. The topological polar surface area (TPSA) is 74.6 Å². The quantitative estimate of drug-likeness (QED) is 0.412. The molecular weight excluding hydrogens is 290 g/mol. The van der Waals surface area contributed by atoms with E-state index in [9.17, 15) is 5.11 Å². The third-order valence-corrected chi connectivity index (χ3v) is 3.58. The number of ether oxygens (including phenoxy) is 1. The van der Waals surface area contributed by atoms with E-state index in [1.165, 1.54) is 17.3 Å². The molecule has 0 aliphatic carbocycles. The molecule has 1 heterocycles. The Bertz CT molecular complexity index is 572. The molecule has 112 valence electrons. The van der Waals surface area contributed by atoms with E-state index in [-0.39, 0.29) is 11.8 Å². The lowest BCUT2D eigenvalue weighted by atomic mass is 10.2. The summed E-state index contributed by atoms with van der Waals surface area (Å²) in [5.74, 6) is 1.09. The van der Waals surface area contributed by atoms with Gasteiger partial charge in [-0.05, 0) is 16.1 Å². The van der Waals surface area contributed by atoms with Gasteiger partial charge in [0, 0.05) is 18.6 Å². The summed E-state index contributed by atoms with van der Waals surface area (Å²) in [7, 11) is 1.61. The van der Waals surface area contributed by atoms with Crippen LogP contribution in [0.4, 0.5) is 5.88 Å². The summed E-state index contributed by atoms with van der Waals surface area (Å²) in [6.07, 6.45) is 1.58. The number of aliphatic imine (C=N–C) groups is 1. The van der Waals surface area contributed by atoms with Crippen LogP contribution in [-0.4, -0.2) is 30.6 Å². The lowest BCUT2D eigenvalue weighted by Crippen LogP contribution is -2.36. The monoisotopic (exact) mass is 307 g/mol. The molecule has 0 saturated carbocycles. The molecule has 0 saturated heterocycles. The van der Waals surface area contributed by atoms with E-state index >= 15 is 0 Å². The fourth-order valence-electron chi connectivity index (χ4n) is 1.59. The molecule has 1 aromatic carbocycles. The second-order valence-electron chi connectivity index (χ2n) is 4.28. The molecule has 0 aliphatic rings. The fourth-order valence-corrected chi connectivity index (χ4v) is 2.36. The van der Waals surface area contributed by atoms with Gasteiger partial charge in [-0.2, -0.15) is 11.8 Å². The molecule has 21 heavy (non-hydrogen) atoms. The summed E-state index contributed by atoms with van der Waals surface area (Å²) in [6.45, 7) is 1.09. The minimum Gasteiger partial charge on any atom is -0.861 e. The van der Waals surface area contributed by atoms with Crippen molar-refractivity contribution in [2.45, 2.75) is 12.3 Å². The highest BCUT2D eigenvalue weighted by Gasteiger charge is 2.09. The molecule has 2 aromatic rings. The summed E-state index contributed by atoms with van der Waals surface area (Å²) >= 11 is 1.52. The maximum atomic E-state index is 11.7. The number of nitrogens with zero attached hydrogens (tertiary/aromatic N) is 3. The van der Waals surface area contributed by atoms with Gasteiger partial charge >= 0.3 is 5.88 Å². The summed E-state index contributed by atoms with van der Waals surface area (Å²) in [6, 6.07) is 10.00. The van der Waals surface area contributed by atoms with Gasteiger partial charge in [-0.1, -0.05) is 30.3 Å². The first-order chi connectivity index (χ1) is 10.3. The summed E-state index contributed by atoms with van der Waals surface area (Å²) in [4.78, 5) is 3.87. The number of hydrogen-bond acceptors (Lipinski definition) is 6. The van der Waals surface area contributed by atoms with Crippen LogP contribution < -0.4 is 9.79 Å². The molecular formula is C14H17N3O3S. The Balaban J connectivity index is 1.79. The molecule has 0 spiro atoms. The minimum atomic E-state index is -0.231. The van der Waals surface area contributed by atoms with Gasteiger partial charge in [0.25, 0.3) is 6.20 Å². The van der Waals surface area contributed by atoms with Crippen molar-refractivity contribution in [2.75, 3.05) is 19.5 Å². The van der Waals surface area contributed by atoms with Gasteiger partial charge in [-0.15, -0.1) is 0 Å². The van der Waals surface area contributed by atoms with Crippen LogP contribution >= 0.6 is 11.8 Å². The van der Waals surface area contributed by atoms with Crippen molar-refractivity contribution in [3.05, 3.63) is 42.1 Å². The number of hydrogen-bond donors (Lipinski definition) is 0.